The molecule has 3 aromatic heterocycles. The Hall–Kier alpha value is -3.09. The van der Waals surface area contributed by atoms with Crippen LogP contribution in [0.25, 0.3) is 28.0 Å². The largest absolute Gasteiger partial charge is 0.396 e. The number of aliphatic hydroxyl groups excluding tert-OH is 1. The van der Waals surface area contributed by atoms with Crippen molar-refractivity contribution in [3.63, 3.8) is 0 Å². The van der Waals surface area contributed by atoms with Crippen LogP contribution in [0.5, 0.6) is 0 Å². The summed E-state index contributed by atoms with van der Waals surface area (Å²) >= 11 is 0. The van der Waals surface area contributed by atoms with Gasteiger partial charge in [-0.25, -0.2) is 9.67 Å². The van der Waals surface area contributed by atoms with Crippen LogP contribution in [0, 0.1) is 6.92 Å². The summed E-state index contributed by atoms with van der Waals surface area (Å²) in [6.45, 7) is 2.01. The first kappa shape index (κ1) is 17.3. The van der Waals surface area contributed by atoms with E-state index < -0.39 is 0 Å². The molecule has 0 aliphatic heterocycles. The van der Waals surface area contributed by atoms with E-state index >= 15 is 0 Å². The van der Waals surface area contributed by atoms with E-state index in [0.717, 1.165) is 39.4 Å². The van der Waals surface area contributed by atoms with E-state index in [2.05, 4.69) is 21.1 Å². The predicted octanol–water partition coefficient (Wildman–Crippen LogP) is 3.17. The molecule has 1 aromatic carbocycles. The number of benzene rings is 1. The van der Waals surface area contributed by atoms with Crippen molar-refractivity contribution in [3.05, 3.63) is 72.2 Å². The number of hydrogen-bond acceptors (Lipinski definition) is 5. The first-order valence-electron chi connectivity index (χ1n) is 8.91. The van der Waals surface area contributed by atoms with E-state index in [1.807, 2.05) is 66.3 Å². The fraction of sp³-hybridized carbons (Fsp3) is 0.190. The number of pyridine rings is 2. The maximum atomic E-state index is 9.11. The van der Waals surface area contributed by atoms with Crippen LogP contribution in [0.15, 0.2) is 60.8 Å². The van der Waals surface area contributed by atoms with Gasteiger partial charge in [-0.05, 0) is 43.7 Å². The topological polar surface area (TPSA) is 89.9 Å². The summed E-state index contributed by atoms with van der Waals surface area (Å²) in [6.07, 6.45) is 2.32. The van der Waals surface area contributed by atoms with Crippen molar-refractivity contribution in [2.24, 2.45) is 5.73 Å². The predicted molar refractivity (Wildman–Crippen MR) is 105 cm³/mol. The van der Waals surface area contributed by atoms with Crippen molar-refractivity contribution >= 4 is 10.9 Å². The number of aryl methyl sites for hydroxylation is 1. The van der Waals surface area contributed by atoms with Crippen LogP contribution in [0.1, 0.15) is 23.9 Å². The third-order valence-corrected chi connectivity index (χ3v) is 4.55. The Balaban J connectivity index is 1.78. The highest BCUT2D eigenvalue weighted by molar-refractivity contribution is 5.84. The lowest BCUT2D eigenvalue weighted by Gasteiger charge is -2.11. The van der Waals surface area contributed by atoms with Crippen LogP contribution < -0.4 is 5.73 Å². The monoisotopic (exact) mass is 359 g/mol. The van der Waals surface area contributed by atoms with Gasteiger partial charge in [-0.3, -0.25) is 4.98 Å². The zero-order valence-electron chi connectivity index (χ0n) is 15.1. The highest BCUT2D eigenvalue weighted by atomic mass is 16.3. The molecule has 6 heteroatoms. The van der Waals surface area contributed by atoms with Gasteiger partial charge in [-0.2, -0.15) is 5.10 Å². The van der Waals surface area contributed by atoms with Gasteiger partial charge in [-0.15, -0.1) is 0 Å². The molecule has 136 valence electrons. The van der Waals surface area contributed by atoms with Crippen LogP contribution >= 0.6 is 0 Å². The fourth-order valence-electron chi connectivity index (χ4n) is 3.11. The molecule has 0 saturated carbocycles. The summed E-state index contributed by atoms with van der Waals surface area (Å²) < 4.78 is 1.84. The summed E-state index contributed by atoms with van der Waals surface area (Å²) in [7, 11) is 0. The van der Waals surface area contributed by atoms with Gasteiger partial charge in [0, 0.05) is 29.3 Å². The maximum Gasteiger partial charge on any atom is 0.154 e. The van der Waals surface area contributed by atoms with Gasteiger partial charge in [0.2, 0.25) is 0 Å². The lowest BCUT2D eigenvalue weighted by Crippen LogP contribution is -2.13. The second-order valence-electron chi connectivity index (χ2n) is 6.53. The second kappa shape index (κ2) is 7.26. The van der Waals surface area contributed by atoms with E-state index in [1.54, 1.807) is 0 Å². The molecule has 0 fully saturated rings. The Bertz CT molecular complexity index is 1090. The van der Waals surface area contributed by atoms with E-state index in [1.165, 1.54) is 0 Å². The molecule has 4 rings (SSSR count). The molecular formula is C21H21N5O. The van der Waals surface area contributed by atoms with E-state index in [4.69, 9.17) is 10.8 Å². The van der Waals surface area contributed by atoms with Crippen molar-refractivity contribution in [1.82, 2.24) is 19.7 Å². The van der Waals surface area contributed by atoms with E-state index in [-0.39, 0.29) is 12.6 Å². The Morgan fingerprint density at radius 2 is 1.93 bits per heavy atom. The number of fused-ring (bicyclic) bond motifs is 1. The third-order valence-electron chi connectivity index (χ3n) is 4.55. The summed E-state index contributed by atoms with van der Waals surface area (Å²) in [5.41, 5.74) is 10.6. The number of hydrogen-bond donors (Lipinski definition) is 2. The number of aliphatic hydroxyl groups is 1. The van der Waals surface area contributed by atoms with Gasteiger partial charge in [0.05, 0.1) is 23.1 Å². The summed E-state index contributed by atoms with van der Waals surface area (Å²) in [5.74, 6) is 0.786. The zero-order chi connectivity index (χ0) is 18.8. The average Bonchev–Trinajstić information content (AvgIpc) is 3.11. The molecule has 0 bridgehead atoms. The minimum atomic E-state index is -0.277. The van der Waals surface area contributed by atoms with Gasteiger partial charge in [0.25, 0.3) is 0 Å². The lowest BCUT2D eigenvalue weighted by atomic mass is 10.1. The normalized spacial score (nSPS) is 12.4. The highest BCUT2D eigenvalue weighted by Crippen LogP contribution is 2.25. The van der Waals surface area contributed by atoms with Crippen molar-refractivity contribution in [2.75, 3.05) is 6.61 Å². The number of rotatable bonds is 5. The minimum Gasteiger partial charge on any atom is -0.396 e. The Morgan fingerprint density at radius 3 is 2.74 bits per heavy atom. The zero-order valence-corrected chi connectivity index (χ0v) is 15.1. The third kappa shape index (κ3) is 3.45. The highest BCUT2D eigenvalue weighted by Gasteiger charge is 2.11. The molecule has 3 N–H and O–H groups in total. The molecule has 1 atom stereocenters. The molecule has 3 heterocycles. The fourth-order valence-corrected chi connectivity index (χ4v) is 3.11. The Labute approximate surface area is 157 Å². The van der Waals surface area contributed by atoms with Gasteiger partial charge in [-0.1, -0.05) is 24.3 Å². The first-order chi connectivity index (χ1) is 13.2. The molecule has 0 aliphatic rings. The summed E-state index contributed by atoms with van der Waals surface area (Å²) in [4.78, 5) is 9.26. The molecule has 0 radical (unpaired) electrons. The molecule has 0 spiro atoms. The lowest BCUT2D eigenvalue weighted by molar-refractivity contribution is 0.275. The van der Waals surface area contributed by atoms with Gasteiger partial charge in [0.15, 0.2) is 5.82 Å². The number of aromatic nitrogens is 4. The maximum absolute atomic E-state index is 9.11. The minimum absolute atomic E-state index is 0.0434. The van der Waals surface area contributed by atoms with Gasteiger partial charge < -0.3 is 10.8 Å². The smallest absolute Gasteiger partial charge is 0.154 e. The molecule has 27 heavy (non-hydrogen) atoms. The average molecular weight is 359 g/mol. The molecule has 0 saturated heterocycles. The van der Waals surface area contributed by atoms with Crippen LogP contribution in [0.2, 0.25) is 0 Å². The van der Waals surface area contributed by atoms with Crippen LogP contribution in [-0.2, 0) is 0 Å². The molecule has 4 aromatic rings. The SMILES string of the molecule is Cc1cccc(-n2ncc3ccc(-c4cccc(C(N)CCO)n4)cc32)n1. The quantitative estimate of drug-likeness (QED) is 0.571. The van der Waals surface area contributed by atoms with Gasteiger partial charge >= 0.3 is 0 Å². The molecule has 1 unspecified atom stereocenters. The second-order valence-corrected chi connectivity index (χ2v) is 6.53. The summed E-state index contributed by atoms with van der Waals surface area (Å²) in [5, 5.41) is 14.6. The molecule has 0 amide bonds. The number of nitrogens with two attached hydrogens (primary N) is 1. The van der Waals surface area contributed by atoms with Crippen LogP contribution in [0.4, 0.5) is 0 Å². The van der Waals surface area contributed by atoms with E-state index in [0.29, 0.717) is 6.42 Å². The Morgan fingerprint density at radius 1 is 1.07 bits per heavy atom. The molecule has 6 nitrogen and oxygen atoms in total. The van der Waals surface area contributed by atoms with E-state index in [9.17, 15) is 0 Å². The van der Waals surface area contributed by atoms with Crippen molar-refractivity contribution in [1.29, 1.82) is 0 Å². The molecular weight excluding hydrogens is 338 g/mol. The summed E-state index contributed by atoms with van der Waals surface area (Å²) in [6, 6.07) is 17.5. The van der Waals surface area contributed by atoms with Crippen LogP contribution in [0.3, 0.4) is 0 Å². The molecule has 0 aliphatic carbocycles. The van der Waals surface area contributed by atoms with Crippen LogP contribution in [-0.4, -0.2) is 31.5 Å². The number of nitrogens with zero attached hydrogens (tertiary/aromatic N) is 4. The van der Waals surface area contributed by atoms with Gasteiger partial charge in [0.1, 0.15) is 0 Å². The van der Waals surface area contributed by atoms with Crippen molar-refractivity contribution < 1.29 is 5.11 Å². The van der Waals surface area contributed by atoms with Crippen molar-refractivity contribution in [3.8, 4) is 17.1 Å². The first-order valence-corrected chi connectivity index (χ1v) is 8.91. The van der Waals surface area contributed by atoms with Crippen molar-refractivity contribution in [2.45, 2.75) is 19.4 Å². The Kier molecular flexibility index (Phi) is 4.66. The standard InChI is InChI=1S/C21H21N5O/c1-14-4-2-7-21(24-14)26-20-12-15(8-9-16(20)13-23-26)18-5-3-6-19(25-18)17(22)10-11-27/h2-9,12-13,17,27H,10-11,22H2,1H3.